The Morgan fingerprint density at radius 3 is 2.62 bits per heavy atom. The van der Waals surface area contributed by atoms with E-state index in [0.29, 0.717) is 6.42 Å². The monoisotopic (exact) mass is 319 g/mol. The second-order valence-corrected chi connectivity index (χ2v) is 5.91. The summed E-state index contributed by atoms with van der Waals surface area (Å²) in [6.45, 7) is 0. The first kappa shape index (κ1) is 14.5. The number of aliphatic carboxylic acids is 1. The smallest absolute Gasteiger partial charge is 0.320 e. The van der Waals surface area contributed by atoms with Crippen molar-refractivity contribution in [3.8, 4) is 5.69 Å². The summed E-state index contributed by atoms with van der Waals surface area (Å²) < 4.78 is 2.10. The fourth-order valence-electron chi connectivity index (χ4n) is 3.19. The van der Waals surface area contributed by atoms with Gasteiger partial charge in [0.25, 0.3) is 0 Å². The molecule has 0 saturated heterocycles. The summed E-state index contributed by atoms with van der Waals surface area (Å²) in [6.07, 6.45) is 4.26. The number of hydrogen-bond acceptors (Lipinski definition) is 2. The van der Waals surface area contributed by atoms with Crippen LogP contribution in [0.2, 0.25) is 0 Å². The minimum Gasteiger partial charge on any atom is -0.480 e. The van der Waals surface area contributed by atoms with Gasteiger partial charge >= 0.3 is 5.97 Å². The summed E-state index contributed by atoms with van der Waals surface area (Å²) in [7, 11) is 0. The summed E-state index contributed by atoms with van der Waals surface area (Å²) in [5, 5.41) is 11.3. The van der Waals surface area contributed by atoms with Gasteiger partial charge in [-0.1, -0.05) is 36.4 Å². The Labute approximate surface area is 138 Å². The molecule has 1 unspecified atom stereocenters. The van der Waals surface area contributed by atoms with Crippen LogP contribution >= 0.6 is 0 Å². The Bertz CT molecular complexity index is 1050. The fourth-order valence-corrected chi connectivity index (χ4v) is 3.19. The van der Waals surface area contributed by atoms with Crippen molar-refractivity contribution < 1.29 is 9.90 Å². The number of nitrogens with two attached hydrogens (primary N) is 1. The van der Waals surface area contributed by atoms with Crippen LogP contribution in [0.4, 0.5) is 0 Å². The largest absolute Gasteiger partial charge is 0.480 e. The second-order valence-electron chi connectivity index (χ2n) is 5.91. The van der Waals surface area contributed by atoms with Crippen molar-refractivity contribution in [2.75, 3.05) is 0 Å². The maximum atomic E-state index is 11.1. The molecule has 0 aliphatic rings. The van der Waals surface area contributed by atoms with E-state index in [9.17, 15) is 4.79 Å². The van der Waals surface area contributed by atoms with Gasteiger partial charge in [-0.25, -0.2) is 0 Å². The third-order valence-electron chi connectivity index (χ3n) is 4.38. The number of aromatic amines is 1. The number of fused-ring (bicyclic) bond motifs is 2. The number of rotatable bonds is 4. The minimum absolute atomic E-state index is 0.297. The van der Waals surface area contributed by atoms with Crippen LogP contribution in [0, 0.1) is 0 Å². The first-order valence-electron chi connectivity index (χ1n) is 7.79. The van der Waals surface area contributed by atoms with Crippen LogP contribution in [0.25, 0.3) is 27.5 Å². The lowest BCUT2D eigenvalue weighted by Gasteiger charge is -2.04. The van der Waals surface area contributed by atoms with Crippen LogP contribution in [0.5, 0.6) is 0 Å². The van der Waals surface area contributed by atoms with E-state index in [2.05, 4.69) is 15.6 Å². The van der Waals surface area contributed by atoms with Crippen LogP contribution in [0.15, 0.2) is 60.9 Å². The number of H-pyrrole nitrogens is 1. The molecule has 0 radical (unpaired) electrons. The van der Waals surface area contributed by atoms with Crippen LogP contribution in [0.1, 0.15) is 5.56 Å². The first-order valence-corrected chi connectivity index (χ1v) is 7.79. The Balaban J connectivity index is 1.91. The SMILES string of the molecule is NC(Cc1cn(-c2c[nH]c3ccccc23)c2ccccc12)C(=O)O. The van der Waals surface area contributed by atoms with Gasteiger partial charge in [0.1, 0.15) is 6.04 Å². The lowest BCUT2D eigenvalue weighted by molar-refractivity contribution is -0.138. The zero-order valence-corrected chi connectivity index (χ0v) is 12.9. The Morgan fingerprint density at radius 1 is 1.12 bits per heavy atom. The number of carboxylic acids is 1. The minimum atomic E-state index is -0.987. The standard InChI is InChI=1S/C19H17N3O2/c20-15(19(23)24)9-12-11-22(17-8-4-2-5-13(12)17)18-10-21-16-7-3-1-6-14(16)18/h1-8,10-11,15,21H,9,20H2,(H,23,24). The van der Waals surface area contributed by atoms with Crippen molar-refractivity contribution in [1.29, 1.82) is 0 Å². The average Bonchev–Trinajstić information content (AvgIpc) is 3.16. The third kappa shape index (κ3) is 2.26. The number of carboxylic acid groups (broad SMARTS) is 1. The summed E-state index contributed by atoms with van der Waals surface area (Å²) in [5.74, 6) is -0.987. The molecule has 2 aromatic heterocycles. The van der Waals surface area contributed by atoms with Gasteiger partial charge in [-0.15, -0.1) is 0 Å². The van der Waals surface area contributed by atoms with Crippen molar-refractivity contribution >= 4 is 27.8 Å². The second kappa shape index (κ2) is 5.54. The zero-order chi connectivity index (χ0) is 16.7. The summed E-state index contributed by atoms with van der Waals surface area (Å²) >= 11 is 0. The van der Waals surface area contributed by atoms with E-state index in [1.165, 1.54) is 0 Å². The highest BCUT2D eigenvalue weighted by Gasteiger charge is 2.17. The van der Waals surface area contributed by atoms with Crippen molar-refractivity contribution in [3.05, 3.63) is 66.5 Å². The van der Waals surface area contributed by atoms with Gasteiger partial charge < -0.3 is 20.4 Å². The first-order chi connectivity index (χ1) is 11.6. The maximum Gasteiger partial charge on any atom is 0.320 e. The number of para-hydroxylation sites is 2. The Morgan fingerprint density at radius 2 is 1.83 bits per heavy atom. The molecular weight excluding hydrogens is 302 g/mol. The third-order valence-corrected chi connectivity index (χ3v) is 4.38. The van der Waals surface area contributed by atoms with E-state index in [1.54, 1.807) is 0 Å². The molecule has 2 aromatic carbocycles. The van der Waals surface area contributed by atoms with E-state index >= 15 is 0 Å². The molecule has 5 nitrogen and oxygen atoms in total. The average molecular weight is 319 g/mol. The number of nitrogens with one attached hydrogen (secondary N) is 1. The van der Waals surface area contributed by atoms with Crippen LogP contribution in [0.3, 0.4) is 0 Å². The molecule has 0 aliphatic heterocycles. The molecule has 4 N–H and O–H groups in total. The van der Waals surface area contributed by atoms with Crippen LogP contribution in [-0.4, -0.2) is 26.7 Å². The van der Waals surface area contributed by atoms with E-state index in [-0.39, 0.29) is 0 Å². The van der Waals surface area contributed by atoms with Gasteiger partial charge in [0, 0.05) is 35.1 Å². The highest BCUT2D eigenvalue weighted by molar-refractivity contribution is 5.93. The Kier molecular flexibility index (Phi) is 3.36. The van der Waals surface area contributed by atoms with Crippen LogP contribution in [-0.2, 0) is 11.2 Å². The molecule has 0 saturated carbocycles. The number of nitrogens with zero attached hydrogens (tertiary/aromatic N) is 1. The van der Waals surface area contributed by atoms with Crippen molar-refractivity contribution in [2.45, 2.75) is 12.5 Å². The Hall–Kier alpha value is -3.05. The molecule has 2 heterocycles. The molecule has 0 spiro atoms. The molecular formula is C19H17N3O2. The number of benzene rings is 2. The normalized spacial score (nSPS) is 12.7. The highest BCUT2D eigenvalue weighted by Crippen LogP contribution is 2.29. The predicted octanol–water partition coefficient (Wildman–Crippen LogP) is 3.07. The quantitative estimate of drug-likeness (QED) is 0.540. The molecule has 0 amide bonds. The topological polar surface area (TPSA) is 84.0 Å². The number of hydrogen-bond donors (Lipinski definition) is 3. The number of carbonyl (C=O) groups is 1. The summed E-state index contributed by atoms with van der Waals surface area (Å²) in [5.41, 5.74) is 9.82. The van der Waals surface area contributed by atoms with Crippen LogP contribution < -0.4 is 5.73 Å². The van der Waals surface area contributed by atoms with Gasteiger partial charge in [0.05, 0.1) is 11.2 Å². The molecule has 0 bridgehead atoms. The lowest BCUT2D eigenvalue weighted by atomic mass is 10.1. The summed E-state index contributed by atoms with van der Waals surface area (Å²) in [4.78, 5) is 14.4. The fraction of sp³-hybridized carbons (Fsp3) is 0.105. The van der Waals surface area contributed by atoms with E-state index in [0.717, 1.165) is 33.1 Å². The van der Waals surface area contributed by atoms with Gasteiger partial charge in [-0.2, -0.15) is 0 Å². The van der Waals surface area contributed by atoms with Crippen molar-refractivity contribution in [1.82, 2.24) is 9.55 Å². The maximum absolute atomic E-state index is 11.1. The van der Waals surface area contributed by atoms with Gasteiger partial charge in [-0.3, -0.25) is 4.79 Å². The molecule has 4 rings (SSSR count). The molecule has 24 heavy (non-hydrogen) atoms. The molecule has 0 aliphatic carbocycles. The van der Waals surface area contributed by atoms with E-state index in [1.807, 2.05) is 54.9 Å². The zero-order valence-electron chi connectivity index (χ0n) is 12.9. The molecule has 4 aromatic rings. The summed E-state index contributed by atoms with van der Waals surface area (Å²) in [6, 6.07) is 15.2. The van der Waals surface area contributed by atoms with E-state index < -0.39 is 12.0 Å². The molecule has 120 valence electrons. The van der Waals surface area contributed by atoms with Crippen molar-refractivity contribution in [2.24, 2.45) is 5.73 Å². The van der Waals surface area contributed by atoms with Gasteiger partial charge in [0.2, 0.25) is 0 Å². The van der Waals surface area contributed by atoms with E-state index in [4.69, 9.17) is 10.8 Å². The van der Waals surface area contributed by atoms with Gasteiger partial charge in [-0.05, 0) is 17.7 Å². The lowest BCUT2D eigenvalue weighted by Crippen LogP contribution is -2.32. The van der Waals surface area contributed by atoms with Crippen molar-refractivity contribution in [3.63, 3.8) is 0 Å². The highest BCUT2D eigenvalue weighted by atomic mass is 16.4. The molecule has 5 heteroatoms. The molecule has 1 atom stereocenters. The molecule has 0 fully saturated rings. The predicted molar refractivity (Wildman–Crippen MR) is 94.4 cm³/mol. The number of aromatic nitrogens is 2. The van der Waals surface area contributed by atoms with Gasteiger partial charge in [0.15, 0.2) is 0 Å².